The van der Waals surface area contributed by atoms with Crippen LogP contribution in [-0.2, 0) is 6.42 Å². The van der Waals surface area contributed by atoms with Crippen LogP contribution in [0.4, 0.5) is 0 Å². The van der Waals surface area contributed by atoms with Crippen LogP contribution >= 0.6 is 11.6 Å². The zero-order valence-corrected chi connectivity index (χ0v) is 9.46. The van der Waals surface area contributed by atoms with Crippen molar-refractivity contribution in [3.8, 4) is 5.75 Å². The summed E-state index contributed by atoms with van der Waals surface area (Å²) in [6.07, 6.45) is 1.97. The third kappa shape index (κ3) is 3.59. The molecule has 1 aromatic carbocycles. The molecule has 0 amide bonds. The normalized spacial score (nSPS) is 13.1. The fraction of sp³-hybridized carbons (Fsp3) is 0.500. The van der Waals surface area contributed by atoms with Gasteiger partial charge in [-0.05, 0) is 36.5 Å². The van der Waals surface area contributed by atoms with Gasteiger partial charge in [-0.1, -0.05) is 26.0 Å². The molecule has 0 saturated carbocycles. The van der Waals surface area contributed by atoms with Crippen LogP contribution in [-0.4, -0.2) is 10.5 Å². The van der Waals surface area contributed by atoms with Crippen molar-refractivity contribution >= 4 is 11.6 Å². The molecule has 1 unspecified atom stereocenters. The van der Waals surface area contributed by atoms with Crippen molar-refractivity contribution in [2.75, 3.05) is 0 Å². The van der Waals surface area contributed by atoms with E-state index >= 15 is 0 Å². The van der Waals surface area contributed by atoms with Gasteiger partial charge in [-0.3, -0.25) is 0 Å². The summed E-state index contributed by atoms with van der Waals surface area (Å²) in [5.74, 6) is 0.841. The van der Waals surface area contributed by atoms with Crippen LogP contribution in [0.5, 0.6) is 5.75 Å². The van der Waals surface area contributed by atoms with E-state index in [2.05, 4.69) is 13.8 Å². The van der Waals surface area contributed by atoms with Crippen LogP contribution in [0.1, 0.15) is 25.8 Å². The van der Waals surface area contributed by atoms with Gasteiger partial charge < -0.3 is 5.11 Å². The molecule has 0 aliphatic heterocycles. The summed E-state index contributed by atoms with van der Waals surface area (Å²) in [5, 5.41) is 9.34. The average Bonchev–Trinajstić information content (AvgIpc) is 2.16. The molecule has 0 fully saturated rings. The number of halogens is 1. The molecule has 0 aliphatic rings. The molecule has 1 rings (SSSR count). The second kappa shape index (κ2) is 5.26. The molecule has 0 heterocycles. The van der Waals surface area contributed by atoms with Crippen molar-refractivity contribution in [1.82, 2.24) is 0 Å². The molecule has 1 N–H and O–H groups in total. The first-order chi connectivity index (χ1) is 6.59. The van der Waals surface area contributed by atoms with E-state index in [1.165, 1.54) is 5.56 Å². The fourth-order valence-corrected chi connectivity index (χ4v) is 1.41. The summed E-state index contributed by atoms with van der Waals surface area (Å²) < 4.78 is 0. The predicted octanol–water partition coefficient (Wildman–Crippen LogP) is 3.59. The standard InChI is InChI=1S/C12H17ClO/c1-9(2)12(13)8-5-10-3-6-11(14)7-4-10/h3-4,6-7,9,12,14H,5,8H2,1-2H3. The molecule has 0 saturated heterocycles. The van der Waals surface area contributed by atoms with Gasteiger partial charge >= 0.3 is 0 Å². The molecule has 0 radical (unpaired) electrons. The van der Waals surface area contributed by atoms with Gasteiger partial charge in [-0.25, -0.2) is 0 Å². The number of phenols is 1. The summed E-state index contributed by atoms with van der Waals surface area (Å²) in [7, 11) is 0. The van der Waals surface area contributed by atoms with Gasteiger partial charge in [-0.2, -0.15) is 0 Å². The second-order valence-electron chi connectivity index (χ2n) is 3.97. The topological polar surface area (TPSA) is 20.2 Å². The van der Waals surface area contributed by atoms with Crippen molar-refractivity contribution in [3.63, 3.8) is 0 Å². The van der Waals surface area contributed by atoms with Crippen LogP contribution in [0.3, 0.4) is 0 Å². The number of aromatic hydroxyl groups is 1. The lowest BCUT2D eigenvalue weighted by molar-refractivity contribution is 0.475. The maximum Gasteiger partial charge on any atom is 0.115 e. The largest absolute Gasteiger partial charge is 0.508 e. The molecule has 0 bridgehead atoms. The number of hydrogen-bond acceptors (Lipinski definition) is 1. The summed E-state index contributed by atoms with van der Waals surface area (Å²) in [6.45, 7) is 4.27. The number of rotatable bonds is 4. The van der Waals surface area contributed by atoms with Gasteiger partial charge in [0.25, 0.3) is 0 Å². The van der Waals surface area contributed by atoms with Crippen LogP contribution in [0.15, 0.2) is 24.3 Å². The molecule has 0 aliphatic carbocycles. The van der Waals surface area contributed by atoms with E-state index in [4.69, 9.17) is 16.7 Å². The lowest BCUT2D eigenvalue weighted by atomic mass is 10.0. The highest BCUT2D eigenvalue weighted by atomic mass is 35.5. The van der Waals surface area contributed by atoms with Crippen molar-refractivity contribution in [2.24, 2.45) is 5.92 Å². The van der Waals surface area contributed by atoms with Gasteiger partial charge in [0.1, 0.15) is 5.75 Å². The Labute approximate surface area is 90.7 Å². The summed E-state index contributed by atoms with van der Waals surface area (Å²) >= 11 is 6.15. The Kier molecular flexibility index (Phi) is 4.27. The molecule has 78 valence electrons. The van der Waals surface area contributed by atoms with E-state index in [0.717, 1.165) is 12.8 Å². The quantitative estimate of drug-likeness (QED) is 0.757. The number of alkyl halides is 1. The maximum atomic E-state index is 9.10. The van der Waals surface area contributed by atoms with Crippen molar-refractivity contribution in [1.29, 1.82) is 0 Å². The smallest absolute Gasteiger partial charge is 0.115 e. The minimum Gasteiger partial charge on any atom is -0.508 e. The first-order valence-corrected chi connectivity index (χ1v) is 5.45. The van der Waals surface area contributed by atoms with E-state index in [9.17, 15) is 0 Å². The molecule has 0 aromatic heterocycles. The Morgan fingerprint density at radius 1 is 1.21 bits per heavy atom. The van der Waals surface area contributed by atoms with E-state index in [1.54, 1.807) is 12.1 Å². The average molecular weight is 213 g/mol. The SMILES string of the molecule is CC(C)C(Cl)CCc1ccc(O)cc1. The zero-order valence-electron chi connectivity index (χ0n) is 8.70. The number of hydrogen-bond donors (Lipinski definition) is 1. The minimum absolute atomic E-state index is 0.240. The summed E-state index contributed by atoms with van der Waals surface area (Å²) in [6, 6.07) is 7.32. The predicted molar refractivity (Wildman–Crippen MR) is 60.9 cm³/mol. The monoisotopic (exact) mass is 212 g/mol. The highest BCUT2D eigenvalue weighted by molar-refractivity contribution is 6.20. The Morgan fingerprint density at radius 2 is 1.79 bits per heavy atom. The Balaban J connectivity index is 2.42. The van der Waals surface area contributed by atoms with Gasteiger partial charge in [-0.15, -0.1) is 11.6 Å². The van der Waals surface area contributed by atoms with E-state index in [1.807, 2.05) is 12.1 Å². The van der Waals surface area contributed by atoms with E-state index < -0.39 is 0 Å². The minimum atomic E-state index is 0.240. The Bertz CT molecular complexity index is 266. The number of benzene rings is 1. The summed E-state index contributed by atoms with van der Waals surface area (Å²) in [5.41, 5.74) is 1.23. The molecular formula is C12H17ClO. The summed E-state index contributed by atoms with van der Waals surface area (Å²) in [4.78, 5) is 0. The van der Waals surface area contributed by atoms with Gasteiger partial charge in [0.15, 0.2) is 0 Å². The molecular weight excluding hydrogens is 196 g/mol. The highest BCUT2D eigenvalue weighted by Crippen LogP contribution is 2.17. The van der Waals surface area contributed by atoms with Gasteiger partial charge in [0.2, 0.25) is 0 Å². The lowest BCUT2D eigenvalue weighted by Gasteiger charge is -2.12. The van der Waals surface area contributed by atoms with Crippen LogP contribution in [0.25, 0.3) is 0 Å². The lowest BCUT2D eigenvalue weighted by Crippen LogP contribution is -2.08. The molecule has 0 spiro atoms. The van der Waals surface area contributed by atoms with Gasteiger partial charge in [0.05, 0.1) is 0 Å². The van der Waals surface area contributed by atoms with Crippen LogP contribution in [0, 0.1) is 5.92 Å². The Morgan fingerprint density at radius 3 is 2.29 bits per heavy atom. The van der Waals surface area contributed by atoms with Gasteiger partial charge in [0, 0.05) is 5.38 Å². The molecule has 1 atom stereocenters. The maximum absolute atomic E-state index is 9.10. The first kappa shape index (κ1) is 11.4. The fourth-order valence-electron chi connectivity index (χ4n) is 1.30. The highest BCUT2D eigenvalue weighted by Gasteiger charge is 2.08. The Hall–Kier alpha value is -0.690. The van der Waals surface area contributed by atoms with E-state index in [-0.39, 0.29) is 5.38 Å². The third-order valence-electron chi connectivity index (χ3n) is 2.37. The van der Waals surface area contributed by atoms with E-state index in [0.29, 0.717) is 11.7 Å². The molecule has 1 nitrogen and oxygen atoms in total. The van der Waals surface area contributed by atoms with Crippen LogP contribution < -0.4 is 0 Å². The third-order valence-corrected chi connectivity index (χ3v) is 3.09. The van der Waals surface area contributed by atoms with Crippen molar-refractivity contribution in [3.05, 3.63) is 29.8 Å². The first-order valence-electron chi connectivity index (χ1n) is 5.01. The second-order valence-corrected chi connectivity index (χ2v) is 4.53. The van der Waals surface area contributed by atoms with Crippen molar-refractivity contribution < 1.29 is 5.11 Å². The van der Waals surface area contributed by atoms with Crippen molar-refractivity contribution in [2.45, 2.75) is 32.1 Å². The molecule has 14 heavy (non-hydrogen) atoms. The number of phenolic OH excluding ortho intramolecular Hbond substituents is 1. The number of aryl methyl sites for hydroxylation is 1. The van der Waals surface area contributed by atoms with Crippen LogP contribution in [0.2, 0.25) is 0 Å². The molecule has 1 aromatic rings. The molecule has 2 heteroatoms. The zero-order chi connectivity index (χ0) is 10.6.